The molecule has 0 saturated carbocycles. The Hall–Kier alpha value is 0.430. The molecule has 0 aliphatic rings. The maximum atomic E-state index is 9.97. The van der Waals surface area contributed by atoms with Gasteiger partial charge in [-0.25, -0.2) is 0 Å². The van der Waals surface area contributed by atoms with E-state index in [2.05, 4.69) is 0 Å². The molecule has 0 aliphatic heterocycles. The summed E-state index contributed by atoms with van der Waals surface area (Å²) in [5.74, 6) is -1.49. The van der Waals surface area contributed by atoms with Gasteiger partial charge in [-0.3, -0.25) is 0 Å². The van der Waals surface area contributed by atoms with Crippen LogP contribution >= 0.6 is 18.0 Å². The van der Waals surface area contributed by atoms with Gasteiger partial charge in [0.15, 0.2) is 0 Å². The zero-order valence-corrected chi connectivity index (χ0v) is 9.31. The van der Waals surface area contributed by atoms with E-state index < -0.39 is 30.1 Å². The molecule has 0 fully saturated rings. The summed E-state index contributed by atoms with van der Waals surface area (Å²) < 4.78 is 0. The molecule has 11 heavy (non-hydrogen) atoms. The van der Waals surface area contributed by atoms with Gasteiger partial charge in [0.2, 0.25) is 0 Å². The zero-order chi connectivity index (χ0) is 8.69. The molecule has 0 heterocycles. The Morgan fingerprint density at radius 3 is 1.73 bits per heavy atom. The van der Waals surface area contributed by atoms with Gasteiger partial charge in [-0.15, -0.1) is 0 Å². The molecular weight excluding hydrogens is 304 g/mol. The number of rotatable bonds is 6. The van der Waals surface area contributed by atoms with Gasteiger partial charge in [-0.2, -0.15) is 0 Å². The van der Waals surface area contributed by atoms with Crippen LogP contribution in [-0.4, -0.2) is 51.8 Å². The van der Waals surface area contributed by atoms with E-state index in [1.165, 1.54) is 18.0 Å². The quantitative estimate of drug-likeness (QED) is 0.538. The third-order valence-electron chi connectivity index (χ3n) is 0.461. The monoisotopic (exact) mass is 312 g/mol. The molecule has 0 atom stereocenters. The van der Waals surface area contributed by atoms with Crippen LogP contribution < -0.4 is 0 Å². The Balaban J connectivity index is 3.03. The molecule has 0 aliphatic carbocycles. The standard InChI is InChI=1S/C4H6O4S2Te/c5-3(6)1-9-11-10-2-4(7)8/h1-2H2,(H,5,6)(H,7,8). The number of hydrogen-bond acceptors (Lipinski definition) is 4. The van der Waals surface area contributed by atoms with Gasteiger partial charge < -0.3 is 0 Å². The molecule has 0 radical (unpaired) electrons. The molecule has 7 heteroatoms. The van der Waals surface area contributed by atoms with E-state index in [-0.39, 0.29) is 11.5 Å². The number of aliphatic carboxylic acids is 2. The molecule has 0 saturated heterocycles. The molecule has 0 aromatic heterocycles. The van der Waals surface area contributed by atoms with E-state index in [9.17, 15) is 9.59 Å². The van der Waals surface area contributed by atoms with E-state index in [1.807, 2.05) is 0 Å². The Kier molecular flexibility index (Phi) is 7.38. The minimum absolute atomic E-state index is 0.0921. The van der Waals surface area contributed by atoms with Crippen molar-refractivity contribution in [1.82, 2.24) is 0 Å². The summed E-state index contributed by atoms with van der Waals surface area (Å²) in [6, 6.07) is 0. The summed E-state index contributed by atoms with van der Waals surface area (Å²) in [4.78, 5) is 19.9. The van der Waals surface area contributed by atoms with Crippen LogP contribution in [0.4, 0.5) is 0 Å². The molecule has 2 N–H and O–H groups in total. The second-order valence-electron chi connectivity index (χ2n) is 1.38. The topological polar surface area (TPSA) is 74.6 Å². The maximum absolute atomic E-state index is 9.97. The Morgan fingerprint density at radius 1 is 1.09 bits per heavy atom. The first-order chi connectivity index (χ1) is 5.13. The summed E-state index contributed by atoms with van der Waals surface area (Å²) in [6.45, 7) is 0. The van der Waals surface area contributed by atoms with Crippen LogP contribution in [-0.2, 0) is 9.59 Å². The van der Waals surface area contributed by atoms with Crippen LogP contribution in [0, 0.1) is 0 Å². The van der Waals surface area contributed by atoms with Crippen molar-refractivity contribution < 1.29 is 19.8 Å². The average Bonchev–Trinajstić information content (AvgIpc) is 1.85. The second-order valence-corrected chi connectivity index (χ2v) is 10.5. The van der Waals surface area contributed by atoms with Crippen molar-refractivity contribution in [2.45, 2.75) is 0 Å². The third kappa shape index (κ3) is 10.4. The number of carboxylic acid groups (broad SMARTS) is 2. The molecule has 0 amide bonds. The van der Waals surface area contributed by atoms with Gasteiger partial charge in [-0.1, -0.05) is 0 Å². The number of hydrogen-bond donors (Lipinski definition) is 2. The molecule has 64 valence electrons. The van der Waals surface area contributed by atoms with E-state index in [1.54, 1.807) is 0 Å². The predicted octanol–water partition coefficient (Wildman–Crippen LogP) is 0.156. The van der Waals surface area contributed by atoms with E-state index in [0.29, 0.717) is 0 Å². The Labute approximate surface area is 79.1 Å². The molecule has 0 bridgehead atoms. The van der Waals surface area contributed by atoms with Crippen molar-refractivity contribution >= 4 is 48.1 Å². The summed E-state index contributed by atoms with van der Waals surface area (Å²) in [5, 5.41) is 16.4. The molecule has 0 unspecified atom stereocenters. The van der Waals surface area contributed by atoms with Crippen LogP contribution in [0.1, 0.15) is 0 Å². The summed E-state index contributed by atoms with van der Waals surface area (Å²) in [5.41, 5.74) is 0. The van der Waals surface area contributed by atoms with Crippen LogP contribution in [0.5, 0.6) is 0 Å². The molecule has 0 rings (SSSR count). The van der Waals surface area contributed by atoms with Crippen molar-refractivity contribution in [1.29, 1.82) is 0 Å². The SMILES string of the molecule is O=C(O)CS[Te]SCC(=O)O. The van der Waals surface area contributed by atoms with Crippen LogP contribution in [0.15, 0.2) is 0 Å². The minimum atomic E-state index is -0.837. The van der Waals surface area contributed by atoms with E-state index in [0.717, 1.165) is 0 Å². The van der Waals surface area contributed by atoms with Crippen LogP contribution in [0.25, 0.3) is 0 Å². The van der Waals surface area contributed by atoms with Crippen molar-refractivity contribution in [3.8, 4) is 0 Å². The van der Waals surface area contributed by atoms with Gasteiger partial charge in [0, 0.05) is 0 Å². The van der Waals surface area contributed by atoms with Crippen molar-refractivity contribution in [3.05, 3.63) is 0 Å². The van der Waals surface area contributed by atoms with Crippen molar-refractivity contribution in [3.63, 3.8) is 0 Å². The summed E-state index contributed by atoms with van der Waals surface area (Å²) >= 11 is -0.531. The molecule has 0 aromatic rings. The van der Waals surface area contributed by atoms with Gasteiger partial charge >= 0.3 is 79.4 Å². The fourth-order valence-electron chi connectivity index (χ4n) is 0.183. The molecule has 0 aromatic carbocycles. The van der Waals surface area contributed by atoms with Gasteiger partial charge in [0.05, 0.1) is 0 Å². The molecule has 0 spiro atoms. The first kappa shape index (κ1) is 11.4. The molecule has 4 nitrogen and oxygen atoms in total. The first-order valence-corrected chi connectivity index (χ1v) is 10.0. The first-order valence-electron chi connectivity index (χ1n) is 2.47. The number of carboxylic acids is 2. The van der Waals surface area contributed by atoms with Gasteiger partial charge in [-0.05, 0) is 0 Å². The average molecular weight is 310 g/mol. The normalized spacial score (nSPS) is 9.45. The predicted molar refractivity (Wildman–Crippen MR) is 45.9 cm³/mol. The fourth-order valence-corrected chi connectivity index (χ4v) is 6.99. The van der Waals surface area contributed by atoms with Crippen molar-refractivity contribution in [2.24, 2.45) is 0 Å². The van der Waals surface area contributed by atoms with Crippen molar-refractivity contribution in [2.75, 3.05) is 11.5 Å². The summed E-state index contributed by atoms with van der Waals surface area (Å²) in [6.07, 6.45) is 0. The van der Waals surface area contributed by atoms with Gasteiger partial charge in [0.25, 0.3) is 0 Å². The summed E-state index contributed by atoms with van der Waals surface area (Å²) in [7, 11) is 2.67. The van der Waals surface area contributed by atoms with E-state index in [4.69, 9.17) is 10.2 Å². The van der Waals surface area contributed by atoms with Gasteiger partial charge in [0.1, 0.15) is 0 Å². The Morgan fingerprint density at radius 2 is 1.45 bits per heavy atom. The van der Waals surface area contributed by atoms with Crippen LogP contribution in [0.3, 0.4) is 0 Å². The fraction of sp³-hybridized carbons (Fsp3) is 0.500. The Bertz CT molecular complexity index is 135. The molecular formula is C4H6O4S2Te. The second kappa shape index (κ2) is 7.10. The third-order valence-corrected chi connectivity index (χ3v) is 8.92. The van der Waals surface area contributed by atoms with E-state index >= 15 is 0 Å². The van der Waals surface area contributed by atoms with Crippen LogP contribution in [0.2, 0.25) is 0 Å². The number of carbonyl (C=O) groups is 2. The zero-order valence-electron chi connectivity index (χ0n) is 5.35.